The van der Waals surface area contributed by atoms with E-state index in [0.29, 0.717) is 5.02 Å². The molecule has 0 atom stereocenters. The molecule has 0 N–H and O–H groups in total. The van der Waals surface area contributed by atoms with Gasteiger partial charge in [-0.3, -0.25) is 0 Å². The molecule has 1 aromatic heterocycles. The van der Waals surface area contributed by atoms with Gasteiger partial charge >= 0.3 is 0 Å². The number of aromatic nitrogens is 1. The van der Waals surface area contributed by atoms with Gasteiger partial charge in [-0.25, -0.2) is 4.98 Å². The first-order chi connectivity index (χ1) is 7.70. The molecule has 0 aliphatic carbocycles. The summed E-state index contributed by atoms with van der Waals surface area (Å²) in [7, 11) is 0. The molecular formula is C11H11BrClN3. The van der Waals surface area contributed by atoms with Gasteiger partial charge in [-0.2, -0.15) is 5.26 Å². The maximum atomic E-state index is 8.83. The van der Waals surface area contributed by atoms with E-state index < -0.39 is 0 Å². The van der Waals surface area contributed by atoms with Crippen LogP contribution in [0.3, 0.4) is 0 Å². The molecular weight excluding hydrogens is 289 g/mol. The highest BCUT2D eigenvalue weighted by molar-refractivity contribution is 9.10. The van der Waals surface area contributed by atoms with Crippen LogP contribution in [0.15, 0.2) is 16.7 Å². The Hall–Kier alpha value is -0.790. The van der Waals surface area contributed by atoms with Crippen LogP contribution < -0.4 is 4.90 Å². The first kappa shape index (κ1) is 11.7. The van der Waals surface area contributed by atoms with Crippen molar-refractivity contribution in [1.29, 1.82) is 5.26 Å². The molecule has 2 heterocycles. The first-order valence-corrected chi connectivity index (χ1v) is 6.33. The Kier molecular flexibility index (Phi) is 3.67. The summed E-state index contributed by atoms with van der Waals surface area (Å²) in [5, 5.41) is 9.46. The Labute approximate surface area is 108 Å². The maximum Gasteiger partial charge on any atom is 0.142 e. The Bertz CT molecular complexity index is 422. The highest BCUT2D eigenvalue weighted by atomic mass is 79.9. The van der Waals surface area contributed by atoms with Crippen molar-refractivity contribution < 1.29 is 0 Å². The quantitative estimate of drug-likeness (QED) is 0.799. The van der Waals surface area contributed by atoms with E-state index >= 15 is 0 Å². The van der Waals surface area contributed by atoms with Gasteiger partial charge in [0.2, 0.25) is 0 Å². The van der Waals surface area contributed by atoms with E-state index in [4.69, 9.17) is 16.9 Å². The molecule has 1 saturated heterocycles. The van der Waals surface area contributed by atoms with Crippen LogP contribution in [0.5, 0.6) is 0 Å². The maximum absolute atomic E-state index is 8.83. The van der Waals surface area contributed by atoms with Crippen LogP contribution in [-0.4, -0.2) is 18.1 Å². The van der Waals surface area contributed by atoms with Gasteiger partial charge in [0.25, 0.3) is 0 Å². The highest BCUT2D eigenvalue weighted by Crippen LogP contribution is 2.29. The van der Waals surface area contributed by atoms with Gasteiger partial charge in [0.1, 0.15) is 5.82 Å². The van der Waals surface area contributed by atoms with Crippen molar-refractivity contribution in [1.82, 2.24) is 4.98 Å². The minimum Gasteiger partial charge on any atom is -0.356 e. The monoisotopic (exact) mass is 299 g/mol. The van der Waals surface area contributed by atoms with E-state index in [2.05, 4.69) is 31.9 Å². The number of piperidine rings is 1. The zero-order chi connectivity index (χ0) is 11.5. The molecule has 84 valence electrons. The third-order valence-electron chi connectivity index (χ3n) is 2.77. The van der Waals surface area contributed by atoms with Crippen molar-refractivity contribution in [3.63, 3.8) is 0 Å². The minimum absolute atomic E-state index is 0.197. The topological polar surface area (TPSA) is 39.9 Å². The van der Waals surface area contributed by atoms with Gasteiger partial charge in [-0.1, -0.05) is 11.6 Å². The fourth-order valence-corrected chi connectivity index (χ4v) is 2.75. The van der Waals surface area contributed by atoms with Gasteiger partial charge in [0, 0.05) is 25.2 Å². The first-order valence-electron chi connectivity index (χ1n) is 5.16. The van der Waals surface area contributed by atoms with E-state index in [9.17, 15) is 0 Å². The fourth-order valence-electron chi connectivity index (χ4n) is 1.86. The molecule has 0 bridgehead atoms. The van der Waals surface area contributed by atoms with Crippen molar-refractivity contribution in [2.45, 2.75) is 12.8 Å². The smallest absolute Gasteiger partial charge is 0.142 e. The zero-order valence-electron chi connectivity index (χ0n) is 8.66. The summed E-state index contributed by atoms with van der Waals surface area (Å²) in [6.07, 6.45) is 3.47. The number of nitriles is 1. The predicted molar refractivity (Wildman–Crippen MR) is 67.5 cm³/mol. The van der Waals surface area contributed by atoms with E-state index in [1.54, 1.807) is 6.20 Å². The van der Waals surface area contributed by atoms with Crippen LogP contribution in [0.1, 0.15) is 12.8 Å². The van der Waals surface area contributed by atoms with Crippen LogP contribution >= 0.6 is 27.5 Å². The molecule has 1 aliphatic heterocycles. The van der Waals surface area contributed by atoms with Gasteiger partial charge in [0.15, 0.2) is 0 Å². The van der Waals surface area contributed by atoms with Crippen molar-refractivity contribution >= 4 is 33.3 Å². The molecule has 1 aromatic rings. The molecule has 1 fully saturated rings. The lowest BCUT2D eigenvalue weighted by Gasteiger charge is -2.30. The van der Waals surface area contributed by atoms with E-state index in [-0.39, 0.29) is 5.92 Å². The molecule has 0 spiro atoms. The molecule has 0 unspecified atom stereocenters. The second kappa shape index (κ2) is 5.03. The third kappa shape index (κ3) is 2.47. The van der Waals surface area contributed by atoms with Crippen LogP contribution in [0.25, 0.3) is 0 Å². The molecule has 2 rings (SSSR count). The van der Waals surface area contributed by atoms with Crippen molar-refractivity contribution in [2.24, 2.45) is 5.92 Å². The molecule has 3 nitrogen and oxygen atoms in total. The van der Waals surface area contributed by atoms with Crippen molar-refractivity contribution in [3.05, 3.63) is 21.8 Å². The van der Waals surface area contributed by atoms with Gasteiger partial charge in [-0.15, -0.1) is 0 Å². The summed E-state index contributed by atoms with van der Waals surface area (Å²) in [5.41, 5.74) is 0. The summed E-state index contributed by atoms with van der Waals surface area (Å²) in [4.78, 5) is 6.51. The fraction of sp³-hybridized carbons (Fsp3) is 0.455. The zero-order valence-corrected chi connectivity index (χ0v) is 11.0. The number of nitrogens with zero attached hydrogens (tertiary/aromatic N) is 3. The van der Waals surface area contributed by atoms with E-state index in [1.165, 1.54) is 0 Å². The Balaban J connectivity index is 2.12. The SMILES string of the molecule is N#CC1CCN(c2ncc(Cl)cc2Br)CC1. The Morgan fingerprint density at radius 3 is 2.75 bits per heavy atom. The van der Waals surface area contributed by atoms with Crippen molar-refractivity contribution in [3.8, 4) is 6.07 Å². The lowest BCUT2D eigenvalue weighted by atomic mass is 9.99. The molecule has 0 radical (unpaired) electrons. The summed E-state index contributed by atoms with van der Waals surface area (Å²) in [5.74, 6) is 1.11. The molecule has 1 aliphatic rings. The van der Waals surface area contributed by atoms with Gasteiger partial charge in [-0.05, 0) is 34.8 Å². The summed E-state index contributed by atoms with van der Waals surface area (Å²) >= 11 is 9.31. The molecule has 16 heavy (non-hydrogen) atoms. The molecule has 0 amide bonds. The van der Waals surface area contributed by atoms with Crippen LogP contribution in [0.2, 0.25) is 5.02 Å². The standard InChI is InChI=1S/C11H11BrClN3/c12-10-5-9(13)7-15-11(10)16-3-1-8(6-14)2-4-16/h5,7-8H,1-4H2. The van der Waals surface area contributed by atoms with Crippen LogP contribution in [0.4, 0.5) is 5.82 Å². The Morgan fingerprint density at radius 1 is 1.50 bits per heavy atom. The lowest BCUT2D eigenvalue weighted by molar-refractivity contribution is 0.485. The van der Waals surface area contributed by atoms with Crippen LogP contribution in [0, 0.1) is 17.2 Å². The van der Waals surface area contributed by atoms with Crippen molar-refractivity contribution in [2.75, 3.05) is 18.0 Å². The third-order valence-corrected chi connectivity index (χ3v) is 3.56. The minimum atomic E-state index is 0.197. The molecule has 0 saturated carbocycles. The van der Waals surface area contributed by atoms with Gasteiger partial charge < -0.3 is 4.90 Å². The lowest BCUT2D eigenvalue weighted by Crippen LogP contribution is -2.34. The van der Waals surface area contributed by atoms with E-state index in [1.807, 2.05) is 6.07 Å². The average molecular weight is 301 g/mol. The van der Waals surface area contributed by atoms with E-state index in [0.717, 1.165) is 36.2 Å². The second-order valence-corrected chi connectivity index (χ2v) is 5.14. The predicted octanol–water partition coefficient (Wildman–Crippen LogP) is 3.24. The molecule has 5 heteroatoms. The largest absolute Gasteiger partial charge is 0.356 e. The highest BCUT2D eigenvalue weighted by Gasteiger charge is 2.21. The second-order valence-electron chi connectivity index (χ2n) is 3.85. The summed E-state index contributed by atoms with van der Waals surface area (Å²) in [6.45, 7) is 1.76. The summed E-state index contributed by atoms with van der Waals surface area (Å²) < 4.78 is 0.912. The number of hydrogen-bond donors (Lipinski definition) is 0. The number of halogens is 2. The number of pyridine rings is 1. The number of rotatable bonds is 1. The average Bonchev–Trinajstić information content (AvgIpc) is 2.29. The normalized spacial score (nSPS) is 17.2. The Morgan fingerprint density at radius 2 is 2.19 bits per heavy atom. The number of hydrogen-bond acceptors (Lipinski definition) is 3. The van der Waals surface area contributed by atoms with Gasteiger partial charge in [0.05, 0.1) is 15.6 Å². The molecule has 0 aromatic carbocycles. The summed E-state index contributed by atoms with van der Waals surface area (Å²) in [6, 6.07) is 4.17. The van der Waals surface area contributed by atoms with Crippen LogP contribution in [-0.2, 0) is 0 Å². The number of anilines is 1.